The van der Waals surface area contributed by atoms with Crippen molar-refractivity contribution in [3.63, 3.8) is 0 Å². The summed E-state index contributed by atoms with van der Waals surface area (Å²) < 4.78 is 11.3. The van der Waals surface area contributed by atoms with Crippen LogP contribution in [-0.4, -0.2) is 42.5 Å². The van der Waals surface area contributed by atoms with Crippen LogP contribution in [0.25, 0.3) is 0 Å². The van der Waals surface area contributed by atoms with E-state index in [2.05, 4.69) is 5.32 Å². The fourth-order valence-electron chi connectivity index (χ4n) is 3.25. The number of hydrogen-bond acceptors (Lipinski definition) is 4. The van der Waals surface area contributed by atoms with Gasteiger partial charge in [-0.2, -0.15) is 0 Å². The molecule has 0 saturated carbocycles. The normalized spacial score (nSPS) is 15.7. The molecule has 1 N–H and O–H groups in total. The van der Waals surface area contributed by atoms with Crippen molar-refractivity contribution < 1.29 is 19.1 Å². The summed E-state index contributed by atoms with van der Waals surface area (Å²) in [5.74, 6) is 0.584. The van der Waals surface area contributed by atoms with E-state index in [1.54, 1.807) is 4.90 Å². The Morgan fingerprint density at radius 1 is 1.14 bits per heavy atom. The summed E-state index contributed by atoms with van der Waals surface area (Å²) in [6.45, 7) is 3.72. The number of carbonyl (C=O) groups excluding carboxylic acids is 2. The highest BCUT2D eigenvalue weighted by atomic mass is 16.5. The molecule has 6 nitrogen and oxygen atoms in total. The highest BCUT2D eigenvalue weighted by Crippen LogP contribution is 2.18. The number of nitrogens with zero attached hydrogens (tertiary/aromatic N) is 1. The van der Waals surface area contributed by atoms with Crippen molar-refractivity contribution in [3.05, 3.63) is 60.2 Å². The van der Waals surface area contributed by atoms with Crippen molar-refractivity contribution in [2.24, 2.45) is 0 Å². The lowest BCUT2D eigenvalue weighted by molar-refractivity contribution is -0.130. The molecule has 0 aliphatic carbocycles. The Balaban J connectivity index is 1.42. The number of hydrogen-bond donors (Lipinski definition) is 1. The van der Waals surface area contributed by atoms with Gasteiger partial charge in [-0.15, -0.1) is 0 Å². The first-order valence-electron chi connectivity index (χ1n) is 10.0. The largest absolute Gasteiger partial charge is 0.489 e. The molecule has 1 aliphatic heterocycles. The summed E-state index contributed by atoms with van der Waals surface area (Å²) in [7, 11) is 0. The lowest BCUT2D eigenvalue weighted by atomic mass is 10.2. The van der Waals surface area contributed by atoms with Crippen LogP contribution in [0.3, 0.4) is 0 Å². The minimum absolute atomic E-state index is 0.0341. The molecule has 0 radical (unpaired) electrons. The van der Waals surface area contributed by atoms with Gasteiger partial charge >= 0.3 is 0 Å². The zero-order valence-corrected chi connectivity index (χ0v) is 16.8. The molecule has 2 aromatic rings. The Bertz CT molecular complexity index is 786. The molecule has 1 saturated heterocycles. The van der Waals surface area contributed by atoms with Crippen LogP contribution >= 0.6 is 0 Å². The van der Waals surface area contributed by atoms with Crippen LogP contribution in [0.2, 0.25) is 0 Å². The van der Waals surface area contributed by atoms with Gasteiger partial charge in [0.15, 0.2) is 0 Å². The Morgan fingerprint density at radius 3 is 2.55 bits per heavy atom. The molecule has 1 heterocycles. The first-order chi connectivity index (χ1) is 14.1. The van der Waals surface area contributed by atoms with Crippen LogP contribution in [0.1, 0.15) is 31.7 Å². The lowest BCUT2D eigenvalue weighted by Gasteiger charge is -2.23. The average molecular weight is 396 g/mol. The van der Waals surface area contributed by atoms with Gasteiger partial charge in [0.05, 0.1) is 6.10 Å². The van der Waals surface area contributed by atoms with E-state index in [0.29, 0.717) is 25.4 Å². The Labute approximate surface area is 171 Å². The molecule has 1 fully saturated rings. The van der Waals surface area contributed by atoms with Crippen LogP contribution in [0.15, 0.2) is 54.6 Å². The van der Waals surface area contributed by atoms with Gasteiger partial charge in [-0.1, -0.05) is 30.3 Å². The second-order valence-electron chi connectivity index (χ2n) is 7.20. The maximum absolute atomic E-state index is 12.3. The fraction of sp³-hybridized carbons (Fsp3) is 0.391. The minimum Gasteiger partial charge on any atom is -0.489 e. The predicted molar refractivity (Wildman–Crippen MR) is 112 cm³/mol. The van der Waals surface area contributed by atoms with Gasteiger partial charge in [0, 0.05) is 38.7 Å². The topological polar surface area (TPSA) is 67.9 Å². The van der Waals surface area contributed by atoms with Gasteiger partial charge in [-0.3, -0.25) is 9.59 Å². The Hall–Kier alpha value is -2.86. The summed E-state index contributed by atoms with van der Waals surface area (Å²) in [5, 5.41) is 2.87. The number of amides is 2. The molecule has 1 unspecified atom stereocenters. The third-order valence-corrected chi connectivity index (χ3v) is 4.89. The van der Waals surface area contributed by atoms with Gasteiger partial charge in [-0.05, 0) is 42.7 Å². The number of anilines is 1. The molecular weight excluding hydrogens is 368 g/mol. The lowest BCUT2D eigenvalue weighted by Crippen LogP contribution is -2.37. The fourth-order valence-corrected chi connectivity index (χ4v) is 3.25. The zero-order valence-electron chi connectivity index (χ0n) is 16.8. The van der Waals surface area contributed by atoms with Crippen molar-refractivity contribution >= 4 is 17.5 Å². The van der Waals surface area contributed by atoms with Crippen LogP contribution in [-0.2, 0) is 20.9 Å². The molecule has 0 aromatic heterocycles. The molecule has 2 amide bonds. The third-order valence-electron chi connectivity index (χ3n) is 4.89. The summed E-state index contributed by atoms with van der Waals surface area (Å²) in [6, 6.07) is 17.2. The molecule has 1 aliphatic rings. The van der Waals surface area contributed by atoms with Crippen molar-refractivity contribution in [1.82, 2.24) is 4.90 Å². The highest BCUT2D eigenvalue weighted by Gasteiger charge is 2.21. The van der Waals surface area contributed by atoms with E-state index >= 15 is 0 Å². The number of nitrogens with one attached hydrogen (secondary N) is 1. The number of rotatable bonds is 9. The van der Waals surface area contributed by atoms with E-state index < -0.39 is 0 Å². The first-order valence-corrected chi connectivity index (χ1v) is 10.0. The monoisotopic (exact) mass is 396 g/mol. The summed E-state index contributed by atoms with van der Waals surface area (Å²) >= 11 is 0. The van der Waals surface area contributed by atoms with Gasteiger partial charge in [0.2, 0.25) is 11.8 Å². The predicted octanol–water partition coefficient (Wildman–Crippen LogP) is 3.62. The zero-order chi connectivity index (χ0) is 20.5. The maximum atomic E-state index is 12.3. The third kappa shape index (κ3) is 6.91. The first kappa shape index (κ1) is 20.9. The Kier molecular flexibility index (Phi) is 7.64. The summed E-state index contributed by atoms with van der Waals surface area (Å²) in [4.78, 5) is 25.8. The molecule has 0 bridgehead atoms. The molecule has 2 aromatic carbocycles. The van der Waals surface area contributed by atoms with E-state index in [1.165, 1.54) is 6.92 Å². The average Bonchev–Trinajstić information content (AvgIpc) is 3.24. The van der Waals surface area contributed by atoms with Gasteiger partial charge in [0.1, 0.15) is 12.4 Å². The maximum Gasteiger partial charge on any atom is 0.226 e. The van der Waals surface area contributed by atoms with Gasteiger partial charge < -0.3 is 19.7 Å². The molecule has 29 heavy (non-hydrogen) atoms. The Morgan fingerprint density at radius 2 is 1.90 bits per heavy atom. The van der Waals surface area contributed by atoms with Crippen molar-refractivity contribution in [3.8, 4) is 5.75 Å². The molecule has 1 atom stereocenters. The quantitative estimate of drug-likeness (QED) is 0.703. The van der Waals surface area contributed by atoms with E-state index in [1.807, 2.05) is 54.6 Å². The minimum atomic E-state index is -0.124. The molecule has 6 heteroatoms. The van der Waals surface area contributed by atoms with Crippen molar-refractivity contribution in [1.29, 1.82) is 0 Å². The second-order valence-corrected chi connectivity index (χ2v) is 7.20. The number of carbonyl (C=O) groups is 2. The van der Waals surface area contributed by atoms with Crippen molar-refractivity contribution in [2.75, 3.05) is 25.0 Å². The number of ether oxygens (including phenoxy) is 2. The van der Waals surface area contributed by atoms with Crippen LogP contribution in [0.4, 0.5) is 5.69 Å². The van der Waals surface area contributed by atoms with Gasteiger partial charge in [0.25, 0.3) is 0 Å². The smallest absolute Gasteiger partial charge is 0.226 e. The van der Waals surface area contributed by atoms with E-state index in [4.69, 9.17) is 9.47 Å². The SMILES string of the molecule is CC(=O)N(CCC(=O)Nc1ccc(OCc2ccccc2)cc1)CC1CCCO1. The van der Waals surface area contributed by atoms with Crippen LogP contribution < -0.4 is 10.1 Å². The summed E-state index contributed by atoms with van der Waals surface area (Å²) in [6.07, 6.45) is 2.33. The van der Waals surface area contributed by atoms with Crippen LogP contribution in [0, 0.1) is 0 Å². The second kappa shape index (κ2) is 10.6. The summed E-state index contributed by atoms with van der Waals surface area (Å²) in [5.41, 5.74) is 1.80. The molecule has 154 valence electrons. The molecule has 3 rings (SSSR count). The highest BCUT2D eigenvalue weighted by molar-refractivity contribution is 5.91. The van der Waals surface area contributed by atoms with E-state index in [9.17, 15) is 9.59 Å². The van der Waals surface area contributed by atoms with Crippen molar-refractivity contribution in [2.45, 2.75) is 38.9 Å². The van der Waals surface area contributed by atoms with Gasteiger partial charge in [-0.25, -0.2) is 0 Å². The van der Waals surface area contributed by atoms with Crippen LogP contribution in [0.5, 0.6) is 5.75 Å². The van der Waals surface area contributed by atoms with E-state index in [0.717, 1.165) is 30.8 Å². The molecular formula is C23H28N2O4. The molecule has 0 spiro atoms. The van der Waals surface area contributed by atoms with E-state index in [-0.39, 0.29) is 24.3 Å². The standard InChI is InChI=1S/C23H28N2O4/c1-18(26)25(16-22-8-5-15-28-22)14-13-23(27)24-20-9-11-21(12-10-20)29-17-19-6-3-2-4-7-19/h2-4,6-7,9-12,22H,5,8,13-17H2,1H3,(H,24,27). The number of benzene rings is 2.